The standard InChI is InChI=1S/C29H26N4O3/c1-4-36-20-16-14-18(15-17-20)24-27-26-23(28(34)32(3)29(35)31(26)2)25(19-10-6-5-7-11-19)33(27)22-13-9-8-12-21(22)30-24/h5-17,24,30H,4H2,1-3H3/t24-/m0/s1. The Hall–Kier alpha value is -4.52. The largest absolute Gasteiger partial charge is 0.494 e. The summed E-state index contributed by atoms with van der Waals surface area (Å²) in [6, 6.07) is 25.6. The smallest absolute Gasteiger partial charge is 0.331 e. The normalized spacial score (nSPS) is 14.2. The van der Waals surface area contributed by atoms with Crippen molar-refractivity contribution in [2.45, 2.75) is 13.0 Å². The molecule has 5 aromatic rings. The first-order valence-electron chi connectivity index (χ1n) is 12.0. The molecule has 2 aromatic heterocycles. The van der Waals surface area contributed by atoms with E-state index in [-0.39, 0.29) is 17.3 Å². The number of nitrogens with zero attached hydrogens (tertiary/aromatic N) is 3. The Morgan fingerprint density at radius 3 is 2.28 bits per heavy atom. The fourth-order valence-corrected chi connectivity index (χ4v) is 5.26. The minimum atomic E-state index is -0.357. The number of anilines is 1. The number of fused-ring (bicyclic) bond motifs is 5. The number of para-hydroxylation sites is 2. The lowest BCUT2D eigenvalue weighted by Gasteiger charge is -2.31. The number of aromatic nitrogens is 3. The molecule has 0 amide bonds. The first-order valence-corrected chi connectivity index (χ1v) is 12.0. The van der Waals surface area contributed by atoms with E-state index in [1.807, 2.05) is 85.8 Å². The number of hydrogen-bond donors (Lipinski definition) is 1. The summed E-state index contributed by atoms with van der Waals surface area (Å²) in [5.74, 6) is 0.795. The molecule has 0 bridgehead atoms. The highest BCUT2D eigenvalue weighted by Gasteiger charge is 2.34. The zero-order valence-corrected chi connectivity index (χ0v) is 20.4. The molecule has 0 saturated heterocycles. The second-order valence-corrected chi connectivity index (χ2v) is 8.96. The van der Waals surface area contributed by atoms with Crippen molar-refractivity contribution < 1.29 is 4.74 Å². The lowest BCUT2D eigenvalue weighted by molar-refractivity contribution is 0.340. The van der Waals surface area contributed by atoms with Gasteiger partial charge in [0.25, 0.3) is 5.56 Å². The van der Waals surface area contributed by atoms with Gasteiger partial charge in [-0.3, -0.25) is 13.9 Å². The van der Waals surface area contributed by atoms with Crippen LogP contribution >= 0.6 is 0 Å². The van der Waals surface area contributed by atoms with Gasteiger partial charge in [-0.25, -0.2) is 4.79 Å². The van der Waals surface area contributed by atoms with Gasteiger partial charge in [0, 0.05) is 14.1 Å². The predicted molar refractivity (Wildman–Crippen MR) is 142 cm³/mol. The van der Waals surface area contributed by atoms with Crippen LogP contribution in [0.4, 0.5) is 5.69 Å². The van der Waals surface area contributed by atoms with E-state index in [1.54, 1.807) is 11.6 Å². The summed E-state index contributed by atoms with van der Waals surface area (Å²) in [7, 11) is 3.27. The fraction of sp³-hybridized carbons (Fsp3) is 0.172. The lowest BCUT2D eigenvalue weighted by Crippen LogP contribution is -2.37. The molecule has 1 N–H and O–H groups in total. The zero-order valence-electron chi connectivity index (χ0n) is 20.4. The summed E-state index contributed by atoms with van der Waals surface area (Å²) in [6.07, 6.45) is 0. The average molecular weight is 479 g/mol. The van der Waals surface area contributed by atoms with E-state index in [9.17, 15) is 9.59 Å². The molecular formula is C29H26N4O3. The monoisotopic (exact) mass is 478 g/mol. The summed E-state index contributed by atoms with van der Waals surface area (Å²) in [6.45, 7) is 2.55. The van der Waals surface area contributed by atoms with Crippen molar-refractivity contribution >= 4 is 16.6 Å². The van der Waals surface area contributed by atoms with E-state index in [2.05, 4.69) is 9.88 Å². The van der Waals surface area contributed by atoms with E-state index in [1.165, 1.54) is 11.6 Å². The molecule has 3 heterocycles. The summed E-state index contributed by atoms with van der Waals surface area (Å²) in [5, 5.41) is 4.20. The van der Waals surface area contributed by atoms with Gasteiger partial charge in [0.15, 0.2) is 0 Å². The van der Waals surface area contributed by atoms with E-state index < -0.39 is 0 Å². The third-order valence-electron chi connectivity index (χ3n) is 6.90. The van der Waals surface area contributed by atoms with Crippen molar-refractivity contribution in [3.05, 3.63) is 111 Å². The van der Waals surface area contributed by atoms with Gasteiger partial charge in [0.1, 0.15) is 5.75 Å². The maximum absolute atomic E-state index is 13.7. The molecule has 0 saturated carbocycles. The molecule has 6 rings (SSSR count). The number of ether oxygens (including phenoxy) is 1. The Morgan fingerprint density at radius 2 is 1.56 bits per heavy atom. The van der Waals surface area contributed by atoms with Crippen molar-refractivity contribution in [2.75, 3.05) is 11.9 Å². The van der Waals surface area contributed by atoms with Gasteiger partial charge in [0.05, 0.1) is 46.3 Å². The first kappa shape index (κ1) is 22.0. The van der Waals surface area contributed by atoms with E-state index in [4.69, 9.17) is 4.74 Å². The van der Waals surface area contributed by atoms with Gasteiger partial charge >= 0.3 is 5.69 Å². The third-order valence-corrected chi connectivity index (χ3v) is 6.90. The van der Waals surface area contributed by atoms with Gasteiger partial charge in [-0.2, -0.15) is 0 Å². The SMILES string of the molecule is CCOc1ccc([C@@H]2Nc3ccccc3-n3c(-c4ccccc4)c4c(=O)n(C)c(=O)n(C)c4c32)cc1. The van der Waals surface area contributed by atoms with E-state index in [0.717, 1.165) is 39.6 Å². The Labute approximate surface area is 207 Å². The molecule has 7 nitrogen and oxygen atoms in total. The highest BCUT2D eigenvalue weighted by molar-refractivity contribution is 5.99. The predicted octanol–water partition coefficient (Wildman–Crippen LogP) is 4.61. The Morgan fingerprint density at radius 1 is 0.861 bits per heavy atom. The second kappa shape index (κ2) is 8.30. The van der Waals surface area contributed by atoms with Crippen LogP contribution < -0.4 is 21.3 Å². The van der Waals surface area contributed by atoms with Crippen molar-refractivity contribution in [3.8, 4) is 22.7 Å². The quantitative estimate of drug-likeness (QED) is 0.410. The Bertz CT molecular complexity index is 1730. The van der Waals surface area contributed by atoms with Gasteiger partial charge in [-0.05, 0) is 42.3 Å². The van der Waals surface area contributed by atoms with E-state index in [0.29, 0.717) is 17.5 Å². The van der Waals surface area contributed by atoms with Crippen LogP contribution in [0, 0.1) is 0 Å². The molecular weight excluding hydrogens is 452 g/mol. The minimum Gasteiger partial charge on any atom is -0.494 e. The Balaban J connectivity index is 1.78. The molecule has 3 aromatic carbocycles. The molecule has 7 heteroatoms. The van der Waals surface area contributed by atoms with Crippen LogP contribution in [0.3, 0.4) is 0 Å². The van der Waals surface area contributed by atoms with Gasteiger partial charge in [-0.1, -0.05) is 54.6 Å². The maximum Gasteiger partial charge on any atom is 0.331 e. The summed E-state index contributed by atoms with van der Waals surface area (Å²) >= 11 is 0. The molecule has 0 unspecified atom stereocenters. The molecule has 0 aliphatic carbocycles. The van der Waals surface area contributed by atoms with Gasteiger partial charge < -0.3 is 14.6 Å². The maximum atomic E-state index is 13.7. The minimum absolute atomic E-state index is 0.298. The van der Waals surface area contributed by atoms with E-state index >= 15 is 0 Å². The van der Waals surface area contributed by atoms with Crippen molar-refractivity contribution in [1.82, 2.24) is 13.7 Å². The number of rotatable bonds is 4. The van der Waals surface area contributed by atoms with Crippen LogP contribution in [0.15, 0.2) is 88.5 Å². The molecule has 1 aliphatic heterocycles. The highest BCUT2D eigenvalue weighted by atomic mass is 16.5. The number of nitrogens with one attached hydrogen (secondary N) is 1. The third kappa shape index (κ3) is 3.12. The van der Waals surface area contributed by atoms with Crippen LogP contribution in [0.25, 0.3) is 27.8 Å². The van der Waals surface area contributed by atoms with Crippen LogP contribution in [0.5, 0.6) is 5.75 Å². The van der Waals surface area contributed by atoms with Crippen molar-refractivity contribution in [3.63, 3.8) is 0 Å². The summed E-state index contributed by atoms with van der Waals surface area (Å²) < 4.78 is 10.6. The molecule has 0 radical (unpaired) electrons. The van der Waals surface area contributed by atoms with Crippen LogP contribution in [-0.4, -0.2) is 20.3 Å². The molecule has 1 aliphatic rings. The van der Waals surface area contributed by atoms with Crippen molar-refractivity contribution in [2.24, 2.45) is 14.1 Å². The summed E-state index contributed by atoms with van der Waals surface area (Å²) in [4.78, 5) is 26.8. The summed E-state index contributed by atoms with van der Waals surface area (Å²) in [5.41, 5.74) is 5.38. The number of benzene rings is 3. The Kier molecular flexibility index (Phi) is 5.07. The molecule has 0 fully saturated rings. The molecule has 180 valence electrons. The molecule has 0 spiro atoms. The fourth-order valence-electron chi connectivity index (χ4n) is 5.26. The molecule has 1 atom stereocenters. The number of hydrogen-bond acceptors (Lipinski definition) is 4. The van der Waals surface area contributed by atoms with Gasteiger partial charge in [-0.15, -0.1) is 0 Å². The van der Waals surface area contributed by atoms with Gasteiger partial charge in [0.2, 0.25) is 0 Å². The second-order valence-electron chi connectivity index (χ2n) is 8.96. The van der Waals surface area contributed by atoms with Crippen LogP contribution in [-0.2, 0) is 14.1 Å². The van der Waals surface area contributed by atoms with Crippen molar-refractivity contribution in [1.29, 1.82) is 0 Å². The highest BCUT2D eigenvalue weighted by Crippen LogP contribution is 2.45. The van der Waals surface area contributed by atoms with Crippen LogP contribution in [0.1, 0.15) is 24.2 Å². The topological polar surface area (TPSA) is 70.2 Å². The van der Waals surface area contributed by atoms with Crippen LogP contribution in [0.2, 0.25) is 0 Å². The number of aryl methyl sites for hydroxylation is 1. The average Bonchev–Trinajstić information content (AvgIpc) is 3.28. The first-order chi connectivity index (χ1) is 17.5. The lowest BCUT2D eigenvalue weighted by atomic mass is 9.99. The zero-order chi connectivity index (χ0) is 25.0. The molecule has 36 heavy (non-hydrogen) atoms.